The number of hydrogen-bond acceptors (Lipinski definition) is 5. The highest BCUT2D eigenvalue weighted by Gasteiger charge is 2.38. The van der Waals surface area contributed by atoms with E-state index < -0.39 is 11.4 Å². The van der Waals surface area contributed by atoms with E-state index in [9.17, 15) is 14.4 Å². The van der Waals surface area contributed by atoms with Gasteiger partial charge in [0.1, 0.15) is 5.69 Å². The van der Waals surface area contributed by atoms with Crippen molar-refractivity contribution in [3.8, 4) is 0 Å². The molecule has 0 atom stereocenters. The van der Waals surface area contributed by atoms with Crippen LogP contribution in [-0.4, -0.2) is 27.8 Å². The molecule has 1 amide bonds. The summed E-state index contributed by atoms with van der Waals surface area (Å²) < 4.78 is 0. The van der Waals surface area contributed by atoms with Crippen LogP contribution in [0.15, 0.2) is 5.38 Å². The minimum Gasteiger partial charge on any atom is -0.481 e. The Bertz CT molecular complexity index is 561. The maximum atomic E-state index is 12.1. The topological polar surface area (TPSA) is 96.4 Å². The van der Waals surface area contributed by atoms with Gasteiger partial charge >= 0.3 is 5.97 Å². The van der Waals surface area contributed by atoms with Crippen LogP contribution in [0.3, 0.4) is 0 Å². The second kappa shape index (κ2) is 6.34. The molecule has 6 nitrogen and oxygen atoms in total. The summed E-state index contributed by atoms with van der Waals surface area (Å²) in [7, 11) is 0. The number of Topliss-reactive ketones (excluding diaryl/α,β-unsaturated/α-hetero) is 1. The Morgan fingerprint density at radius 2 is 2.00 bits per heavy atom. The van der Waals surface area contributed by atoms with Gasteiger partial charge in [-0.1, -0.05) is 12.8 Å². The predicted molar refractivity (Wildman–Crippen MR) is 78.5 cm³/mol. The molecule has 7 heteroatoms. The third-order valence-electron chi connectivity index (χ3n) is 3.84. The molecule has 1 fully saturated rings. The SMILES string of the molecule is CC(=O)c1csc(NC(=O)CC2(CC(=O)O)CCCC2)n1. The number of aromatic nitrogens is 1. The average Bonchev–Trinajstić information content (AvgIpc) is 2.98. The fraction of sp³-hybridized carbons (Fsp3) is 0.571. The third-order valence-corrected chi connectivity index (χ3v) is 4.59. The summed E-state index contributed by atoms with van der Waals surface area (Å²) >= 11 is 1.20. The molecule has 0 bridgehead atoms. The number of amides is 1. The summed E-state index contributed by atoms with van der Waals surface area (Å²) in [6.07, 6.45) is 3.68. The van der Waals surface area contributed by atoms with Gasteiger partial charge < -0.3 is 10.4 Å². The Hall–Kier alpha value is -1.76. The van der Waals surface area contributed by atoms with Gasteiger partial charge in [-0.15, -0.1) is 11.3 Å². The number of carboxylic acids is 1. The molecule has 0 spiro atoms. The van der Waals surface area contributed by atoms with Crippen LogP contribution in [0.25, 0.3) is 0 Å². The number of nitrogens with one attached hydrogen (secondary N) is 1. The Kier molecular flexibility index (Phi) is 4.72. The molecule has 1 saturated carbocycles. The van der Waals surface area contributed by atoms with Gasteiger partial charge in [0, 0.05) is 18.7 Å². The van der Waals surface area contributed by atoms with E-state index in [-0.39, 0.29) is 24.5 Å². The first-order valence-electron chi connectivity index (χ1n) is 6.88. The smallest absolute Gasteiger partial charge is 0.303 e. The third kappa shape index (κ3) is 4.10. The van der Waals surface area contributed by atoms with Crippen molar-refractivity contribution < 1.29 is 19.5 Å². The number of nitrogens with zero attached hydrogens (tertiary/aromatic N) is 1. The molecule has 0 aromatic carbocycles. The maximum absolute atomic E-state index is 12.1. The predicted octanol–water partition coefficient (Wildman–Crippen LogP) is 2.71. The average molecular weight is 310 g/mol. The molecule has 0 aliphatic heterocycles. The van der Waals surface area contributed by atoms with Crippen molar-refractivity contribution in [3.63, 3.8) is 0 Å². The first-order chi connectivity index (χ1) is 9.90. The first-order valence-corrected chi connectivity index (χ1v) is 7.76. The first kappa shape index (κ1) is 15.6. The zero-order valence-electron chi connectivity index (χ0n) is 11.8. The van der Waals surface area contributed by atoms with Gasteiger partial charge in [0.25, 0.3) is 0 Å². The number of aliphatic carboxylic acids is 1. The van der Waals surface area contributed by atoms with Gasteiger partial charge in [-0.2, -0.15) is 0 Å². The highest BCUT2D eigenvalue weighted by atomic mass is 32.1. The molecular weight excluding hydrogens is 292 g/mol. The van der Waals surface area contributed by atoms with Crippen LogP contribution in [0.4, 0.5) is 5.13 Å². The van der Waals surface area contributed by atoms with Crippen molar-refractivity contribution in [2.24, 2.45) is 5.41 Å². The Morgan fingerprint density at radius 3 is 2.52 bits per heavy atom. The highest BCUT2D eigenvalue weighted by molar-refractivity contribution is 7.14. The van der Waals surface area contributed by atoms with Crippen LogP contribution in [0, 0.1) is 5.41 Å². The van der Waals surface area contributed by atoms with Crippen molar-refractivity contribution >= 4 is 34.1 Å². The summed E-state index contributed by atoms with van der Waals surface area (Å²) in [4.78, 5) is 38.3. The molecule has 2 N–H and O–H groups in total. The minimum absolute atomic E-state index is 0.0248. The second-order valence-corrected chi connectivity index (χ2v) is 6.45. The summed E-state index contributed by atoms with van der Waals surface area (Å²) in [5.74, 6) is -1.25. The lowest BCUT2D eigenvalue weighted by molar-refractivity contribution is -0.140. The van der Waals surface area contributed by atoms with Crippen molar-refractivity contribution in [3.05, 3.63) is 11.1 Å². The number of carbonyl (C=O) groups excluding carboxylic acids is 2. The lowest BCUT2D eigenvalue weighted by Gasteiger charge is -2.25. The Morgan fingerprint density at radius 1 is 1.33 bits per heavy atom. The van der Waals surface area contributed by atoms with Gasteiger partial charge in [-0.05, 0) is 18.3 Å². The van der Waals surface area contributed by atoms with Gasteiger partial charge in [0.05, 0.1) is 6.42 Å². The van der Waals surface area contributed by atoms with E-state index in [1.165, 1.54) is 18.3 Å². The quantitative estimate of drug-likeness (QED) is 0.787. The van der Waals surface area contributed by atoms with E-state index in [1.807, 2.05) is 0 Å². The molecule has 1 aromatic heterocycles. The van der Waals surface area contributed by atoms with E-state index in [0.29, 0.717) is 10.8 Å². The Labute approximate surface area is 126 Å². The lowest BCUT2D eigenvalue weighted by atomic mass is 9.79. The van der Waals surface area contributed by atoms with Gasteiger partial charge in [0.15, 0.2) is 10.9 Å². The van der Waals surface area contributed by atoms with Crippen LogP contribution in [-0.2, 0) is 9.59 Å². The van der Waals surface area contributed by atoms with Crippen LogP contribution >= 0.6 is 11.3 Å². The summed E-state index contributed by atoms with van der Waals surface area (Å²) in [6.45, 7) is 1.42. The number of carbonyl (C=O) groups is 3. The van der Waals surface area contributed by atoms with Gasteiger partial charge in [-0.25, -0.2) is 4.98 Å². The van der Waals surface area contributed by atoms with Gasteiger partial charge in [0.2, 0.25) is 5.91 Å². The number of rotatable bonds is 6. The van der Waals surface area contributed by atoms with Crippen molar-refractivity contribution in [1.82, 2.24) is 4.98 Å². The molecule has 0 unspecified atom stereocenters. The van der Waals surface area contributed by atoms with E-state index in [4.69, 9.17) is 5.11 Å². The fourth-order valence-corrected chi connectivity index (χ4v) is 3.62. The molecule has 0 radical (unpaired) electrons. The zero-order chi connectivity index (χ0) is 15.5. The number of ketones is 1. The van der Waals surface area contributed by atoms with Crippen molar-refractivity contribution in [2.45, 2.75) is 45.4 Å². The zero-order valence-corrected chi connectivity index (χ0v) is 12.7. The maximum Gasteiger partial charge on any atom is 0.303 e. The molecule has 1 aromatic rings. The van der Waals surface area contributed by atoms with Gasteiger partial charge in [-0.3, -0.25) is 14.4 Å². The molecule has 2 rings (SSSR count). The summed E-state index contributed by atoms with van der Waals surface area (Å²) in [6, 6.07) is 0. The molecule has 114 valence electrons. The van der Waals surface area contributed by atoms with Crippen molar-refractivity contribution in [2.75, 3.05) is 5.32 Å². The summed E-state index contributed by atoms with van der Waals surface area (Å²) in [5, 5.41) is 13.7. The minimum atomic E-state index is -0.863. The van der Waals surface area contributed by atoms with E-state index >= 15 is 0 Å². The number of anilines is 1. The van der Waals surface area contributed by atoms with E-state index in [2.05, 4.69) is 10.3 Å². The van der Waals surface area contributed by atoms with Crippen LogP contribution in [0.2, 0.25) is 0 Å². The monoisotopic (exact) mass is 310 g/mol. The summed E-state index contributed by atoms with van der Waals surface area (Å²) in [5.41, 5.74) is -0.104. The fourth-order valence-electron chi connectivity index (χ4n) is 2.86. The highest BCUT2D eigenvalue weighted by Crippen LogP contribution is 2.44. The Balaban J connectivity index is 1.98. The van der Waals surface area contributed by atoms with E-state index in [1.54, 1.807) is 5.38 Å². The molecular formula is C14H18N2O4S. The van der Waals surface area contributed by atoms with Crippen molar-refractivity contribution in [1.29, 1.82) is 0 Å². The molecule has 1 aliphatic carbocycles. The van der Waals surface area contributed by atoms with Crippen LogP contribution in [0.5, 0.6) is 0 Å². The molecule has 1 heterocycles. The molecule has 21 heavy (non-hydrogen) atoms. The van der Waals surface area contributed by atoms with Crippen LogP contribution in [0.1, 0.15) is 55.9 Å². The van der Waals surface area contributed by atoms with Crippen LogP contribution < -0.4 is 5.32 Å². The number of carboxylic acid groups (broad SMARTS) is 1. The standard InChI is InChI=1S/C14H18N2O4S/c1-9(17)10-8-21-13(15-10)16-11(18)6-14(7-12(19)20)4-2-3-5-14/h8H,2-7H2,1H3,(H,19,20)(H,15,16,18). The normalized spacial score (nSPS) is 16.6. The lowest BCUT2D eigenvalue weighted by Crippen LogP contribution is -2.27. The second-order valence-electron chi connectivity index (χ2n) is 5.60. The van der Waals surface area contributed by atoms with E-state index in [0.717, 1.165) is 25.7 Å². The molecule has 1 aliphatic rings. The largest absolute Gasteiger partial charge is 0.481 e. The number of thiazole rings is 1. The number of hydrogen-bond donors (Lipinski definition) is 2. The molecule has 0 saturated heterocycles.